The monoisotopic (exact) mass is 460 g/mol. The lowest BCUT2D eigenvalue weighted by Gasteiger charge is -2.21. The summed E-state index contributed by atoms with van der Waals surface area (Å²) in [5.74, 6) is 0.843. The van der Waals surface area contributed by atoms with E-state index in [1.54, 1.807) is 6.07 Å². The summed E-state index contributed by atoms with van der Waals surface area (Å²) in [4.78, 5) is 0. The van der Waals surface area contributed by atoms with E-state index in [9.17, 15) is 0 Å². The summed E-state index contributed by atoms with van der Waals surface area (Å²) in [6.45, 7) is 1.91. The number of nitrogens with one attached hydrogen (secondary N) is 2. The fraction of sp³-hybridized carbons (Fsp3) is 0.130. The number of benzene rings is 3. The Kier molecular flexibility index (Phi) is 9.86. The zero-order chi connectivity index (χ0) is 20.8. The molecule has 164 valence electrons. The molecule has 31 heavy (non-hydrogen) atoms. The standard InChI is InChI=1S/C23H24N4O2.2ClH/c1-15-12-18(28-20(22(24)25)16-8-4-2-5-9-16)14-19(13-15)29-21(23(26)27)17-10-6-3-7-11-17;;/h2-14,20-21H,1H3,(H3,24,25)(H3,26,27);2*1H. The molecule has 0 aliphatic rings. The van der Waals surface area contributed by atoms with E-state index in [-0.39, 0.29) is 36.5 Å². The van der Waals surface area contributed by atoms with Gasteiger partial charge in [-0.25, -0.2) is 0 Å². The van der Waals surface area contributed by atoms with Gasteiger partial charge in [0.2, 0.25) is 0 Å². The number of hydrogen-bond acceptors (Lipinski definition) is 4. The quantitative estimate of drug-likeness (QED) is 0.280. The van der Waals surface area contributed by atoms with Crippen molar-refractivity contribution in [2.75, 3.05) is 0 Å². The molecule has 6 nitrogen and oxygen atoms in total. The molecule has 0 heterocycles. The first-order valence-electron chi connectivity index (χ1n) is 9.17. The smallest absolute Gasteiger partial charge is 0.180 e. The third-order valence-electron chi connectivity index (χ3n) is 4.30. The second kappa shape index (κ2) is 11.8. The van der Waals surface area contributed by atoms with Gasteiger partial charge in [0.25, 0.3) is 0 Å². The van der Waals surface area contributed by atoms with Crippen LogP contribution in [0.2, 0.25) is 0 Å². The van der Waals surface area contributed by atoms with Crippen molar-refractivity contribution in [3.8, 4) is 11.5 Å². The lowest BCUT2D eigenvalue weighted by Crippen LogP contribution is -2.26. The van der Waals surface area contributed by atoms with Gasteiger partial charge in [-0.15, -0.1) is 24.8 Å². The minimum Gasteiger partial charge on any atom is -0.478 e. The first-order chi connectivity index (χ1) is 13.9. The van der Waals surface area contributed by atoms with E-state index in [1.807, 2.05) is 79.7 Å². The van der Waals surface area contributed by atoms with Crippen molar-refractivity contribution in [3.05, 3.63) is 95.6 Å². The molecule has 0 saturated carbocycles. The van der Waals surface area contributed by atoms with Gasteiger partial charge in [0.1, 0.15) is 23.2 Å². The maximum atomic E-state index is 7.90. The van der Waals surface area contributed by atoms with Crippen LogP contribution in [0.25, 0.3) is 0 Å². The van der Waals surface area contributed by atoms with Crippen LogP contribution in [0.3, 0.4) is 0 Å². The lowest BCUT2D eigenvalue weighted by atomic mass is 10.1. The molecule has 6 N–H and O–H groups in total. The van der Waals surface area contributed by atoms with E-state index in [4.69, 9.17) is 31.8 Å². The summed E-state index contributed by atoms with van der Waals surface area (Å²) in [6, 6.07) is 24.1. The van der Waals surface area contributed by atoms with Gasteiger partial charge in [0.15, 0.2) is 12.2 Å². The van der Waals surface area contributed by atoms with Crippen molar-refractivity contribution in [1.29, 1.82) is 10.8 Å². The summed E-state index contributed by atoms with van der Waals surface area (Å²) >= 11 is 0. The Bertz CT molecular complexity index is 923. The van der Waals surface area contributed by atoms with Crippen LogP contribution in [0.15, 0.2) is 78.9 Å². The number of halogens is 2. The molecule has 0 bridgehead atoms. The Morgan fingerprint density at radius 3 is 1.35 bits per heavy atom. The van der Waals surface area contributed by atoms with Gasteiger partial charge >= 0.3 is 0 Å². The second-order valence-corrected chi connectivity index (χ2v) is 6.71. The van der Waals surface area contributed by atoms with Crippen LogP contribution < -0.4 is 20.9 Å². The maximum Gasteiger partial charge on any atom is 0.180 e. The molecule has 0 spiro atoms. The lowest BCUT2D eigenvalue weighted by molar-refractivity contribution is 0.256. The van der Waals surface area contributed by atoms with E-state index in [1.165, 1.54) is 0 Å². The summed E-state index contributed by atoms with van der Waals surface area (Å²) in [5.41, 5.74) is 14.0. The number of amidine groups is 2. The fourth-order valence-corrected chi connectivity index (χ4v) is 3.00. The second-order valence-electron chi connectivity index (χ2n) is 6.71. The Labute approximate surface area is 194 Å². The minimum atomic E-state index is -0.705. The Hall–Kier alpha value is -3.22. The van der Waals surface area contributed by atoms with Crippen molar-refractivity contribution in [2.24, 2.45) is 11.5 Å². The summed E-state index contributed by atoms with van der Waals surface area (Å²) in [6.07, 6.45) is -1.41. The molecular weight excluding hydrogens is 435 g/mol. The average molecular weight is 461 g/mol. The molecule has 0 aromatic heterocycles. The molecule has 0 aliphatic heterocycles. The highest BCUT2D eigenvalue weighted by atomic mass is 35.5. The highest BCUT2D eigenvalue weighted by Crippen LogP contribution is 2.30. The van der Waals surface area contributed by atoms with Gasteiger partial charge in [-0.1, -0.05) is 60.7 Å². The number of ether oxygens (including phenoxy) is 2. The summed E-state index contributed by atoms with van der Waals surface area (Å²) in [7, 11) is 0. The Balaban J connectivity index is 0.00000240. The first kappa shape index (κ1) is 25.8. The number of nitrogens with two attached hydrogens (primary N) is 2. The highest BCUT2D eigenvalue weighted by Gasteiger charge is 2.20. The molecule has 0 amide bonds. The predicted molar refractivity (Wildman–Crippen MR) is 129 cm³/mol. The first-order valence-corrected chi connectivity index (χ1v) is 9.17. The van der Waals surface area contributed by atoms with Gasteiger partial charge in [-0.05, 0) is 35.7 Å². The van der Waals surface area contributed by atoms with Gasteiger partial charge in [-0.3, -0.25) is 10.8 Å². The minimum absolute atomic E-state index is 0. The topological polar surface area (TPSA) is 118 Å². The molecule has 3 rings (SSSR count). The van der Waals surface area contributed by atoms with E-state index in [2.05, 4.69) is 0 Å². The van der Waals surface area contributed by atoms with E-state index in [0.717, 1.165) is 16.7 Å². The molecule has 0 fully saturated rings. The third-order valence-corrected chi connectivity index (χ3v) is 4.30. The van der Waals surface area contributed by atoms with Gasteiger partial charge in [-0.2, -0.15) is 0 Å². The van der Waals surface area contributed by atoms with Crippen LogP contribution in [0.5, 0.6) is 11.5 Å². The molecular formula is C23H26Cl2N4O2. The number of aryl methyl sites for hydroxylation is 1. The Morgan fingerprint density at radius 2 is 1.03 bits per heavy atom. The van der Waals surface area contributed by atoms with Gasteiger partial charge in [0, 0.05) is 6.07 Å². The Morgan fingerprint density at radius 1 is 0.677 bits per heavy atom. The van der Waals surface area contributed by atoms with Crippen LogP contribution in [0.4, 0.5) is 0 Å². The zero-order valence-electron chi connectivity index (χ0n) is 16.9. The normalized spacial score (nSPS) is 11.8. The van der Waals surface area contributed by atoms with Crippen LogP contribution in [0, 0.1) is 17.7 Å². The molecule has 2 atom stereocenters. The zero-order valence-corrected chi connectivity index (χ0v) is 18.6. The number of hydrogen-bond donors (Lipinski definition) is 4. The van der Waals surface area contributed by atoms with E-state index < -0.39 is 12.2 Å². The van der Waals surface area contributed by atoms with Gasteiger partial charge in [0.05, 0.1) is 0 Å². The van der Waals surface area contributed by atoms with Crippen molar-refractivity contribution in [1.82, 2.24) is 0 Å². The van der Waals surface area contributed by atoms with Crippen molar-refractivity contribution in [3.63, 3.8) is 0 Å². The molecule has 3 aromatic rings. The summed E-state index contributed by atoms with van der Waals surface area (Å²) in [5, 5.41) is 15.8. The fourth-order valence-electron chi connectivity index (χ4n) is 3.00. The highest BCUT2D eigenvalue weighted by molar-refractivity contribution is 5.86. The van der Waals surface area contributed by atoms with Gasteiger partial charge < -0.3 is 20.9 Å². The van der Waals surface area contributed by atoms with Crippen LogP contribution in [-0.4, -0.2) is 11.7 Å². The third kappa shape index (κ3) is 6.91. The number of rotatable bonds is 8. The molecule has 0 saturated heterocycles. The van der Waals surface area contributed by atoms with Crippen LogP contribution >= 0.6 is 24.8 Å². The van der Waals surface area contributed by atoms with E-state index in [0.29, 0.717) is 11.5 Å². The molecule has 2 unspecified atom stereocenters. The van der Waals surface area contributed by atoms with Crippen molar-refractivity contribution >= 4 is 36.5 Å². The maximum absolute atomic E-state index is 7.90. The summed E-state index contributed by atoms with van der Waals surface area (Å²) < 4.78 is 12.0. The largest absolute Gasteiger partial charge is 0.478 e. The molecule has 0 aliphatic carbocycles. The molecule has 3 aromatic carbocycles. The SMILES string of the molecule is Cc1cc(OC(C(=N)N)c2ccccc2)cc(OC(C(=N)N)c2ccccc2)c1.Cl.Cl. The molecule has 8 heteroatoms. The molecule has 0 radical (unpaired) electrons. The van der Waals surface area contributed by atoms with Crippen LogP contribution in [0.1, 0.15) is 28.9 Å². The van der Waals surface area contributed by atoms with Crippen molar-refractivity contribution < 1.29 is 9.47 Å². The van der Waals surface area contributed by atoms with Crippen molar-refractivity contribution in [2.45, 2.75) is 19.1 Å². The van der Waals surface area contributed by atoms with Crippen LogP contribution in [-0.2, 0) is 0 Å². The predicted octanol–water partition coefficient (Wildman–Crippen LogP) is 4.95. The van der Waals surface area contributed by atoms with E-state index >= 15 is 0 Å². The average Bonchev–Trinajstić information content (AvgIpc) is 2.71.